The van der Waals surface area contributed by atoms with Gasteiger partial charge < -0.3 is 9.80 Å². The van der Waals surface area contributed by atoms with Crippen molar-refractivity contribution in [2.45, 2.75) is 31.2 Å². The molecule has 0 atom stereocenters. The van der Waals surface area contributed by atoms with Gasteiger partial charge in [-0.1, -0.05) is 55.3 Å². The smallest absolute Gasteiger partial charge is 0.228 e. The topological polar surface area (TPSA) is 35.5 Å². The lowest BCUT2D eigenvalue weighted by Gasteiger charge is -2.36. The molecule has 2 aromatic rings. The summed E-state index contributed by atoms with van der Waals surface area (Å²) in [6.45, 7) is 8.29. The van der Waals surface area contributed by atoms with Crippen molar-refractivity contribution in [3.63, 3.8) is 0 Å². The van der Waals surface area contributed by atoms with Gasteiger partial charge in [0.25, 0.3) is 0 Å². The SMILES string of the molecule is CCCCN1CCN(c2nc(N(C)Cc3ccccc3)nc(Cl)c2SC)CC1.Cl. The molecular weight excluding hydrogens is 425 g/mol. The van der Waals surface area contributed by atoms with Crippen molar-refractivity contribution >= 4 is 47.5 Å². The highest BCUT2D eigenvalue weighted by atomic mass is 35.5. The average Bonchev–Trinajstić information content (AvgIpc) is 2.72. The first-order valence-corrected chi connectivity index (χ1v) is 11.6. The number of rotatable bonds is 8. The highest BCUT2D eigenvalue weighted by Gasteiger charge is 2.23. The van der Waals surface area contributed by atoms with Gasteiger partial charge in [-0.05, 0) is 24.8 Å². The van der Waals surface area contributed by atoms with Crippen LogP contribution in [0.2, 0.25) is 5.15 Å². The Hall–Kier alpha value is -1.21. The van der Waals surface area contributed by atoms with Gasteiger partial charge in [-0.2, -0.15) is 9.97 Å². The molecule has 1 aromatic heterocycles. The minimum Gasteiger partial charge on any atom is -0.353 e. The van der Waals surface area contributed by atoms with Crippen LogP contribution in [-0.4, -0.2) is 60.9 Å². The van der Waals surface area contributed by atoms with Crippen LogP contribution < -0.4 is 9.80 Å². The van der Waals surface area contributed by atoms with Crippen LogP contribution in [0.1, 0.15) is 25.3 Å². The summed E-state index contributed by atoms with van der Waals surface area (Å²) in [5, 5.41) is 0.542. The maximum Gasteiger partial charge on any atom is 0.228 e. The second kappa shape index (κ2) is 11.8. The second-order valence-corrected chi connectivity index (χ2v) is 8.37. The van der Waals surface area contributed by atoms with E-state index in [0.29, 0.717) is 11.1 Å². The van der Waals surface area contributed by atoms with Crippen LogP contribution >= 0.6 is 35.8 Å². The number of hydrogen-bond acceptors (Lipinski definition) is 6. The number of piperazine rings is 1. The summed E-state index contributed by atoms with van der Waals surface area (Å²) in [5.41, 5.74) is 1.23. The van der Waals surface area contributed by atoms with Gasteiger partial charge >= 0.3 is 0 Å². The van der Waals surface area contributed by atoms with E-state index >= 15 is 0 Å². The number of benzene rings is 1. The van der Waals surface area contributed by atoms with E-state index in [1.54, 1.807) is 11.8 Å². The molecule has 160 valence electrons. The Morgan fingerprint density at radius 3 is 2.41 bits per heavy atom. The zero-order valence-electron chi connectivity index (χ0n) is 17.5. The summed E-state index contributed by atoms with van der Waals surface area (Å²) in [6.07, 6.45) is 4.55. The van der Waals surface area contributed by atoms with E-state index in [0.717, 1.165) is 43.4 Å². The first-order valence-electron chi connectivity index (χ1n) is 9.96. The lowest BCUT2D eigenvalue weighted by atomic mass is 10.2. The number of aromatic nitrogens is 2. The van der Waals surface area contributed by atoms with Crippen molar-refractivity contribution in [3.05, 3.63) is 41.0 Å². The standard InChI is InChI=1S/C21H30ClN5S.ClH/c1-4-5-11-26-12-14-27(15-13-26)20-18(28-3)19(22)23-21(24-20)25(2)16-17-9-7-6-8-10-17;/h6-10H,4-5,11-16H2,1-3H3;1H. The average molecular weight is 456 g/mol. The molecule has 2 heterocycles. The van der Waals surface area contributed by atoms with Crippen LogP contribution in [0.5, 0.6) is 0 Å². The molecule has 0 N–H and O–H groups in total. The third kappa shape index (κ3) is 6.38. The molecule has 3 rings (SSSR count). The second-order valence-electron chi connectivity index (χ2n) is 7.20. The Balaban J connectivity index is 0.00000300. The largest absolute Gasteiger partial charge is 0.353 e. The predicted octanol–water partition coefficient (Wildman–Crippen LogP) is 4.83. The van der Waals surface area contributed by atoms with Crippen LogP contribution in [0.4, 0.5) is 11.8 Å². The number of thioether (sulfide) groups is 1. The Bertz CT molecular complexity index is 754. The molecule has 0 unspecified atom stereocenters. The molecule has 1 fully saturated rings. The van der Waals surface area contributed by atoms with Gasteiger partial charge in [0.1, 0.15) is 11.0 Å². The maximum atomic E-state index is 6.56. The van der Waals surface area contributed by atoms with Crippen molar-refractivity contribution in [2.24, 2.45) is 0 Å². The van der Waals surface area contributed by atoms with Crippen molar-refractivity contribution in [1.29, 1.82) is 0 Å². The number of halogens is 2. The Kier molecular flexibility index (Phi) is 9.83. The minimum atomic E-state index is 0. The third-order valence-electron chi connectivity index (χ3n) is 5.10. The van der Waals surface area contributed by atoms with Crippen LogP contribution in [0, 0.1) is 0 Å². The van der Waals surface area contributed by atoms with Gasteiger partial charge in [-0.25, -0.2) is 0 Å². The van der Waals surface area contributed by atoms with Gasteiger partial charge in [-0.3, -0.25) is 4.90 Å². The zero-order chi connectivity index (χ0) is 19.9. The van der Waals surface area contributed by atoms with E-state index in [1.165, 1.54) is 24.9 Å². The van der Waals surface area contributed by atoms with Crippen molar-refractivity contribution < 1.29 is 0 Å². The summed E-state index contributed by atoms with van der Waals surface area (Å²) in [5.74, 6) is 1.65. The fourth-order valence-electron chi connectivity index (χ4n) is 3.45. The van der Waals surface area contributed by atoms with E-state index in [1.807, 2.05) is 19.4 Å². The van der Waals surface area contributed by atoms with E-state index < -0.39 is 0 Å². The summed E-state index contributed by atoms with van der Waals surface area (Å²) in [6, 6.07) is 10.4. The Labute approximate surface area is 190 Å². The number of hydrogen-bond donors (Lipinski definition) is 0. The normalized spacial score (nSPS) is 14.6. The van der Waals surface area contributed by atoms with Crippen LogP contribution in [-0.2, 0) is 6.54 Å². The molecule has 0 saturated carbocycles. The monoisotopic (exact) mass is 455 g/mol. The highest BCUT2D eigenvalue weighted by Crippen LogP contribution is 2.35. The summed E-state index contributed by atoms with van der Waals surface area (Å²) in [7, 11) is 2.02. The highest BCUT2D eigenvalue weighted by molar-refractivity contribution is 7.98. The van der Waals surface area contributed by atoms with Crippen molar-refractivity contribution in [1.82, 2.24) is 14.9 Å². The molecule has 0 bridgehead atoms. The quantitative estimate of drug-likeness (QED) is 0.418. The Morgan fingerprint density at radius 1 is 1.10 bits per heavy atom. The summed E-state index contributed by atoms with van der Waals surface area (Å²) < 4.78 is 0. The first kappa shape index (κ1) is 24.1. The Morgan fingerprint density at radius 2 is 1.79 bits per heavy atom. The number of anilines is 2. The lowest BCUT2D eigenvalue weighted by Crippen LogP contribution is -2.47. The number of nitrogens with zero attached hydrogens (tertiary/aromatic N) is 5. The zero-order valence-corrected chi connectivity index (χ0v) is 19.9. The molecule has 8 heteroatoms. The first-order chi connectivity index (χ1) is 13.6. The van der Waals surface area contributed by atoms with Crippen molar-refractivity contribution in [2.75, 3.05) is 55.8 Å². The fourth-order valence-corrected chi connectivity index (χ4v) is 4.42. The molecule has 29 heavy (non-hydrogen) atoms. The van der Waals surface area contributed by atoms with E-state index in [4.69, 9.17) is 16.6 Å². The molecule has 1 aliphatic rings. The molecule has 0 aliphatic carbocycles. The molecule has 1 aromatic carbocycles. The van der Waals surface area contributed by atoms with E-state index in [2.05, 4.69) is 50.9 Å². The van der Waals surface area contributed by atoms with E-state index in [-0.39, 0.29) is 12.4 Å². The molecule has 0 radical (unpaired) electrons. The molecule has 5 nitrogen and oxygen atoms in total. The van der Waals surface area contributed by atoms with Gasteiger partial charge in [0.05, 0.1) is 4.90 Å². The molecule has 0 spiro atoms. The maximum absolute atomic E-state index is 6.56. The number of unbranched alkanes of at least 4 members (excludes halogenated alkanes) is 1. The summed E-state index contributed by atoms with van der Waals surface area (Å²) in [4.78, 5) is 17.4. The van der Waals surface area contributed by atoms with Gasteiger partial charge in [0.2, 0.25) is 5.95 Å². The van der Waals surface area contributed by atoms with Crippen LogP contribution in [0.15, 0.2) is 35.2 Å². The van der Waals surface area contributed by atoms with Gasteiger partial charge in [0.15, 0.2) is 0 Å². The third-order valence-corrected chi connectivity index (χ3v) is 6.27. The molecule has 1 aliphatic heterocycles. The fraction of sp³-hybridized carbons (Fsp3) is 0.524. The van der Waals surface area contributed by atoms with Crippen LogP contribution in [0.25, 0.3) is 0 Å². The van der Waals surface area contributed by atoms with Gasteiger partial charge in [0, 0.05) is 39.8 Å². The summed E-state index contributed by atoms with van der Waals surface area (Å²) >= 11 is 8.19. The predicted molar refractivity (Wildman–Crippen MR) is 128 cm³/mol. The molecular formula is C21H31Cl2N5S. The molecule has 0 amide bonds. The minimum absolute atomic E-state index is 0. The van der Waals surface area contributed by atoms with Gasteiger partial charge in [-0.15, -0.1) is 24.2 Å². The van der Waals surface area contributed by atoms with E-state index in [9.17, 15) is 0 Å². The van der Waals surface area contributed by atoms with Crippen LogP contribution in [0.3, 0.4) is 0 Å². The molecule has 1 saturated heterocycles. The van der Waals surface area contributed by atoms with Crippen molar-refractivity contribution in [3.8, 4) is 0 Å². The lowest BCUT2D eigenvalue weighted by molar-refractivity contribution is 0.253.